The third-order valence-electron chi connectivity index (χ3n) is 8.21. The first-order valence-electron chi connectivity index (χ1n) is 15.0. The number of rotatable bonds is 4. The molecule has 44 heavy (non-hydrogen) atoms. The molecule has 0 radical (unpaired) electrons. The van der Waals surface area contributed by atoms with Crippen molar-refractivity contribution in [3.63, 3.8) is 0 Å². The highest BCUT2D eigenvalue weighted by Crippen LogP contribution is 2.43. The van der Waals surface area contributed by atoms with Crippen molar-refractivity contribution in [3.8, 4) is 28.7 Å². The second-order valence-electron chi connectivity index (χ2n) is 11.2. The van der Waals surface area contributed by atoms with Gasteiger partial charge in [-0.3, -0.25) is 9.59 Å². The number of aryl methyl sites for hydroxylation is 2. The zero-order chi connectivity index (χ0) is 30.6. The number of methoxy groups -OCH3 is 1. The lowest BCUT2D eigenvalue weighted by molar-refractivity contribution is -0.133. The van der Waals surface area contributed by atoms with Crippen molar-refractivity contribution in [2.24, 2.45) is 0 Å². The minimum Gasteiger partial charge on any atom is -0.507 e. The Labute approximate surface area is 257 Å². The van der Waals surface area contributed by atoms with Crippen LogP contribution in [0, 0.1) is 6.92 Å². The zero-order valence-corrected chi connectivity index (χ0v) is 25.0. The van der Waals surface area contributed by atoms with Crippen molar-refractivity contribution >= 4 is 11.8 Å². The summed E-state index contributed by atoms with van der Waals surface area (Å²) in [6, 6.07) is 24.3. The maximum absolute atomic E-state index is 13.9. The van der Waals surface area contributed by atoms with Crippen LogP contribution < -0.4 is 19.5 Å². The summed E-state index contributed by atoms with van der Waals surface area (Å²) in [6.45, 7) is 3.36. The van der Waals surface area contributed by atoms with Crippen molar-refractivity contribution in [2.75, 3.05) is 26.8 Å². The van der Waals surface area contributed by atoms with Gasteiger partial charge in [0.2, 0.25) is 5.91 Å². The monoisotopic (exact) mass is 592 g/mol. The molecule has 226 valence electrons. The number of ether oxygens (including phenoxy) is 3. The number of carbonyl (C=O) groups excluding carboxylic acids is 2. The van der Waals surface area contributed by atoms with Crippen LogP contribution in [0.1, 0.15) is 57.1 Å². The van der Waals surface area contributed by atoms with Gasteiger partial charge in [0.15, 0.2) is 11.5 Å². The molecular formula is C36H36N2O6. The Morgan fingerprint density at radius 3 is 2.70 bits per heavy atom. The molecule has 7 rings (SSSR count). The van der Waals surface area contributed by atoms with Gasteiger partial charge in [0.25, 0.3) is 5.91 Å². The number of phenolic OH excluding ortho intramolecular Hbond substituents is 1. The molecule has 3 aliphatic rings. The van der Waals surface area contributed by atoms with Gasteiger partial charge < -0.3 is 29.5 Å². The molecule has 2 N–H and O–H groups in total. The van der Waals surface area contributed by atoms with Gasteiger partial charge >= 0.3 is 0 Å². The topological polar surface area (TPSA) is 97.3 Å². The van der Waals surface area contributed by atoms with Gasteiger partial charge in [-0.15, -0.1) is 0 Å². The van der Waals surface area contributed by atoms with Crippen molar-refractivity contribution in [1.29, 1.82) is 0 Å². The van der Waals surface area contributed by atoms with Gasteiger partial charge in [0, 0.05) is 19.5 Å². The minimum atomic E-state index is -0.400. The molecule has 0 saturated carbocycles. The van der Waals surface area contributed by atoms with E-state index < -0.39 is 5.91 Å². The Morgan fingerprint density at radius 2 is 1.89 bits per heavy atom. The maximum Gasteiger partial charge on any atom is 0.255 e. The Hall–Kier alpha value is -4.98. The molecule has 2 amide bonds. The highest BCUT2D eigenvalue weighted by Gasteiger charge is 2.33. The number of phenols is 1. The lowest BCUT2D eigenvalue weighted by Gasteiger charge is -2.38. The molecule has 0 aliphatic carbocycles. The number of nitrogens with zero attached hydrogens (tertiary/aromatic N) is 1. The molecule has 3 aliphatic heterocycles. The summed E-state index contributed by atoms with van der Waals surface area (Å²) in [4.78, 5) is 28.7. The summed E-state index contributed by atoms with van der Waals surface area (Å²) in [5.74, 6) is 1.61. The SMILES string of the molecule is COc1cc2c3cc1Oc1ccc(O)c(c1)C(=O)NCCCOc1cccc(c1)C2N(C(=O)CCc1ccc(C)cc1)CC3. The highest BCUT2D eigenvalue weighted by molar-refractivity contribution is 5.97. The van der Waals surface area contributed by atoms with Crippen molar-refractivity contribution in [1.82, 2.24) is 10.2 Å². The molecule has 1 atom stereocenters. The Balaban J connectivity index is 1.40. The van der Waals surface area contributed by atoms with Gasteiger partial charge in [0.1, 0.15) is 17.2 Å². The minimum absolute atomic E-state index is 0.0846. The fourth-order valence-corrected chi connectivity index (χ4v) is 5.87. The number of aromatic hydroxyl groups is 1. The van der Waals surface area contributed by atoms with Gasteiger partial charge in [-0.1, -0.05) is 42.0 Å². The zero-order valence-electron chi connectivity index (χ0n) is 25.0. The van der Waals surface area contributed by atoms with Crippen LogP contribution >= 0.6 is 0 Å². The normalized spacial score (nSPS) is 16.2. The molecule has 4 aromatic rings. The third kappa shape index (κ3) is 6.20. The Bertz CT molecular complexity index is 1680. The maximum atomic E-state index is 13.9. The van der Waals surface area contributed by atoms with E-state index in [1.807, 2.05) is 41.3 Å². The van der Waals surface area contributed by atoms with Crippen LogP contribution in [0.2, 0.25) is 0 Å². The molecule has 4 aromatic carbocycles. The number of carbonyl (C=O) groups is 2. The van der Waals surface area contributed by atoms with E-state index in [1.165, 1.54) is 17.7 Å². The average molecular weight is 593 g/mol. The van der Waals surface area contributed by atoms with E-state index in [-0.39, 0.29) is 23.3 Å². The van der Waals surface area contributed by atoms with E-state index in [0.29, 0.717) is 68.4 Å². The molecule has 8 nitrogen and oxygen atoms in total. The molecule has 3 heterocycles. The van der Waals surface area contributed by atoms with Crippen molar-refractivity contribution < 1.29 is 28.9 Å². The largest absolute Gasteiger partial charge is 0.507 e. The first-order chi connectivity index (χ1) is 21.4. The quantitative estimate of drug-likeness (QED) is 0.296. The van der Waals surface area contributed by atoms with E-state index >= 15 is 0 Å². The number of benzene rings is 4. The predicted octanol–water partition coefficient (Wildman–Crippen LogP) is 6.12. The fourth-order valence-electron chi connectivity index (χ4n) is 5.87. The van der Waals surface area contributed by atoms with E-state index in [1.54, 1.807) is 13.2 Å². The van der Waals surface area contributed by atoms with Gasteiger partial charge in [-0.2, -0.15) is 0 Å². The molecule has 0 saturated heterocycles. The van der Waals surface area contributed by atoms with Crippen molar-refractivity contribution in [3.05, 3.63) is 112 Å². The number of hydrogen-bond donors (Lipinski definition) is 2. The summed E-state index contributed by atoms with van der Waals surface area (Å²) in [5, 5.41) is 13.2. The first-order valence-corrected chi connectivity index (χ1v) is 15.0. The van der Waals surface area contributed by atoms with E-state index in [2.05, 4.69) is 36.5 Å². The molecule has 1 unspecified atom stereocenters. The van der Waals surface area contributed by atoms with E-state index in [4.69, 9.17) is 14.2 Å². The average Bonchev–Trinajstić information content (AvgIpc) is 3.03. The summed E-state index contributed by atoms with van der Waals surface area (Å²) >= 11 is 0. The molecule has 0 fully saturated rings. The van der Waals surface area contributed by atoms with Crippen LogP contribution in [0.4, 0.5) is 0 Å². The summed E-state index contributed by atoms with van der Waals surface area (Å²) in [6.07, 6.45) is 2.28. The number of amides is 2. The van der Waals surface area contributed by atoms with Gasteiger partial charge in [0.05, 0.1) is 25.3 Å². The van der Waals surface area contributed by atoms with Crippen LogP contribution in [0.15, 0.2) is 78.9 Å². The van der Waals surface area contributed by atoms with E-state index in [9.17, 15) is 14.7 Å². The van der Waals surface area contributed by atoms with Crippen LogP contribution in [0.3, 0.4) is 0 Å². The van der Waals surface area contributed by atoms with Gasteiger partial charge in [-0.05, 0) is 90.9 Å². The summed E-state index contributed by atoms with van der Waals surface area (Å²) < 4.78 is 18.1. The second kappa shape index (κ2) is 12.7. The van der Waals surface area contributed by atoms with Gasteiger partial charge in [-0.25, -0.2) is 0 Å². The van der Waals surface area contributed by atoms with E-state index in [0.717, 1.165) is 22.3 Å². The standard InChI is InChI=1S/C36H36N2O6/c1-23-7-9-24(10-8-23)11-14-34(40)38-17-15-25-20-33-32(42-2)22-29(25)35(38)26-5-3-6-27(19-26)43-18-4-16-37-36(41)30-21-28(44-33)12-13-31(30)39/h3,5-10,12-13,19-22,35,39H,4,11,14-18H2,1-2H3,(H,37,41). The number of hydrogen-bond acceptors (Lipinski definition) is 6. The first kappa shape index (κ1) is 29.1. The van der Waals surface area contributed by atoms with Crippen LogP contribution in [-0.4, -0.2) is 48.6 Å². The van der Waals surface area contributed by atoms with Crippen LogP contribution in [0.5, 0.6) is 28.7 Å². The van der Waals surface area contributed by atoms with Crippen LogP contribution in [-0.2, 0) is 17.6 Å². The third-order valence-corrected chi connectivity index (χ3v) is 8.21. The second-order valence-corrected chi connectivity index (χ2v) is 11.2. The lowest BCUT2D eigenvalue weighted by Crippen LogP contribution is -2.40. The highest BCUT2D eigenvalue weighted by atomic mass is 16.5. The molecule has 8 heteroatoms. The number of fused-ring (bicyclic) bond motifs is 6. The summed E-state index contributed by atoms with van der Waals surface area (Å²) in [7, 11) is 1.58. The molecule has 8 bridgehead atoms. The molecule has 0 spiro atoms. The fraction of sp³-hybridized carbons (Fsp3) is 0.278. The predicted molar refractivity (Wildman–Crippen MR) is 167 cm³/mol. The van der Waals surface area contributed by atoms with Crippen LogP contribution in [0.25, 0.3) is 0 Å². The summed E-state index contributed by atoms with van der Waals surface area (Å²) in [5.41, 5.74) is 5.40. The lowest BCUT2D eigenvalue weighted by atomic mass is 9.87. The smallest absolute Gasteiger partial charge is 0.255 e. The Kier molecular flexibility index (Phi) is 8.41. The number of nitrogens with one attached hydrogen (secondary N) is 1. The molecule has 0 aromatic heterocycles. The van der Waals surface area contributed by atoms with Crippen molar-refractivity contribution in [2.45, 2.75) is 38.6 Å². The molecular weight excluding hydrogens is 556 g/mol. The Morgan fingerprint density at radius 1 is 1.05 bits per heavy atom.